The van der Waals surface area contributed by atoms with E-state index in [2.05, 4.69) is 19.1 Å². The van der Waals surface area contributed by atoms with Crippen LogP contribution in [-0.4, -0.2) is 11.8 Å². The maximum Gasteiger partial charge on any atom is 0.238 e. The van der Waals surface area contributed by atoms with Crippen LogP contribution in [0, 0.1) is 34.4 Å². The van der Waals surface area contributed by atoms with Crippen molar-refractivity contribution in [1.82, 2.24) is 0 Å². The molecule has 0 unspecified atom stereocenters. The number of fused-ring (bicyclic) bond motifs is 3. The normalized spacial score (nSPS) is 39.9. The minimum atomic E-state index is -0.518. The number of carbonyl (C=O) groups excluding carboxylic acids is 2. The van der Waals surface area contributed by atoms with Gasteiger partial charge in [0.2, 0.25) is 11.8 Å². The molecule has 22 heavy (non-hydrogen) atoms. The van der Waals surface area contributed by atoms with E-state index in [1.807, 2.05) is 0 Å². The fourth-order valence-corrected chi connectivity index (χ4v) is 5.45. The monoisotopic (exact) mass is 297 g/mol. The number of halogens is 1. The molecule has 4 heteroatoms. The van der Waals surface area contributed by atoms with Gasteiger partial charge in [0.05, 0.1) is 17.5 Å². The molecule has 0 aromatic heterocycles. The van der Waals surface area contributed by atoms with Crippen molar-refractivity contribution in [2.75, 3.05) is 4.90 Å². The molecule has 4 atom stereocenters. The zero-order chi connectivity index (χ0) is 15.3. The number of para-hydroxylation sites is 1. The Hall–Kier alpha value is -1.97. The van der Waals surface area contributed by atoms with E-state index in [0.717, 1.165) is 17.7 Å². The molecule has 2 saturated carbocycles. The highest BCUT2D eigenvalue weighted by molar-refractivity contribution is 6.23. The standard InChI is InChI=1S/C18H16FNO2/c1-17-7-6-10(18(17)8-9-18)13-14(17)16(22)20(15(13)21)12-5-3-2-4-11(12)19/h2-7,10,13-14H,8-9H2,1H3/t10-,13+,14-,17+/m0/s1. The summed E-state index contributed by atoms with van der Waals surface area (Å²) in [6.07, 6.45) is 6.45. The van der Waals surface area contributed by atoms with Crippen molar-refractivity contribution in [2.24, 2.45) is 28.6 Å². The van der Waals surface area contributed by atoms with Crippen LogP contribution in [0.5, 0.6) is 0 Å². The van der Waals surface area contributed by atoms with Gasteiger partial charge in [-0.1, -0.05) is 31.2 Å². The molecule has 0 N–H and O–H groups in total. The number of anilines is 1. The van der Waals surface area contributed by atoms with E-state index < -0.39 is 5.82 Å². The average Bonchev–Trinajstić information content (AvgIpc) is 3.15. The number of benzene rings is 1. The molecule has 1 aromatic rings. The molecule has 2 amide bonds. The molecular formula is C18H16FNO2. The number of amides is 2. The molecule has 1 aromatic carbocycles. The Balaban J connectivity index is 1.64. The summed E-state index contributed by atoms with van der Waals surface area (Å²) in [5.41, 5.74) is -0.0240. The molecular weight excluding hydrogens is 281 g/mol. The summed E-state index contributed by atoms with van der Waals surface area (Å²) in [5.74, 6) is -1.43. The number of allylic oxidation sites excluding steroid dienone is 2. The van der Waals surface area contributed by atoms with Crippen LogP contribution >= 0.6 is 0 Å². The molecule has 4 aliphatic rings. The van der Waals surface area contributed by atoms with Crippen molar-refractivity contribution in [1.29, 1.82) is 0 Å². The van der Waals surface area contributed by atoms with Crippen LogP contribution in [0.25, 0.3) is 0 Å². The maximum atomic E-state index is 14.1. The fraction of sp³-hybridized carbons (Fsp3) is 0.444. The van der Waals surface area contributed by atoms with E-state index in [1.54, 1.807) is 12.1 Å². The Morgan fingerprint density at radius 1 is 1.18 bits per heavy atom. The molecule has 1 heterocycles. The minimum absolute atomic E-state index is 0.0970. The summed E-state index contributed by atoms with van der Waals surface area (Å²) >= 11 is 0. The van der Waals surface area contributed by atoms with Crippen molar-refractivity contribution in [2.45, 2.75) is 19.8 Å². The predicted molar refractivity (Wildman–Crippen MR) is 78.3 cm³/mol. The zero-order valence-corrected chi connectivity index (χ0v) is 12.3. The first-order valence-electron chi connectivity index (χ1n) is 7.83. The van der Waals surface area contributed by atoms with Gasteiger partial charge in [0.25, 0.3) is 0 Å². The zero-order valence-electron chi connectivity index (χ0n) is 12.3. The Bertz CT molecular complexity index is 766. The molecule has 1 spiro atoms. The third-order valence-corrected chi connectivity index (χ3v) is 6.63. The van der Waals surface area contributed by atoms with Crippen LogP contribution in [0.3, 0.4) is 0 Å². The second-order valence-electron chi connectivity index (χ2n) is 7.29. The fourth-order valence-electron chi connectivity index (χ4n) is 5.45. The summed E-state index contributed by atoms with van der Waals surface area (Å²) in [4.78, 5) is 27.0. The van der Waals surface area contributed by atoms with Crippen molar-refractivity contribution >= 4 is 17.5 Å². The summed E-state index contributed by atoms with van der Waals surface area (Å²) < 4.78 is 14.1. The number of nitrogens with zero attached hydrogens (tertiary/aromatic N) is 1. The van der Waals surface area contributed by atoms with Crippen LogP contribution in [0.15, 0.2) is 36.4 Å². The van der Waals surface area contributed by atoms with E-state index in [0.29, 0.717) is 0 Å². The average molecular weight is 297 g/mol. The highest BCUT2D eigenvalue weighted by Gasteiger charge is 2.78. The summed E-state index contributed by atoms with van der Waals surface area (Å²) in [7, 11) is 0. The molecule has 3 aliphatic carbocycles. The van der Waals surface area contributed by atoms with Crippen molar-refractivity contribution < 1.29 is 14.0 Å². The van der Waals surface area contributed by atoms with E-state index in [1.165, 1.54) is 12.1 Å². The number of hydrogen-bond acceptors (Lipinski definition) is 2. The van der Waals surface area contributed by atoms with E-state index >= 15 is 0 Å². The number of hydrogen-bond donors (Lipinski definition) is 0. The molecule has 3 fully saturated rings. The van der Waals surface area contributed by atoms with Gasteiger partial charge >= 0.3 is 0 Å². The van der Waals surface area contributed by atoms with E-state index in [9.17, 15) is 14.0 Å². The van der Waals surface area contributed by atoms with Crippen molar-refractivity contribution in [3.05, 3.63) is 42.2 Å². The third-order valence-electron chi connectivity index (χ3n) is 6.63. The predicted octanol–water partition coefficient (Wildman–Crippen LogP) is 2.92. The number of carbonyl (C=O) groups is 2. The van der Waals surface area contributed by atoms with Gasteiger partial charge in [0, 0.05) is 5.41 Å². The lowest BCUT2D eigenvalue weighted by Gasteiger charge is -2.31. The third kappa shape index (κ3) is 1.10. The summed E-state index contributed by atoms with van der Waals surface area (Å²) in [5, 5.41) is 0. The Morgan fingerprint density at radius 3 is 2.55 bits per heavy atom. The molecule has 0 radical (unpaired) electrons. The highest BCUT2D eigenvalue weighted by atomic mass is 19.1. The molecule has 1 saturated heterocycles. The van der Waals surface area contributed by atoms with Gasteiger partial charge < -0.3 is 0 Å². The lowest BCUT2D eigenvalue weighted by Crippen LogP contribution is -2.38. The Labute approximate surface area is 127 Å². The molecule has 3 nitrogen and oxygen atoms in total. The lowest BCUT2D eigenvalue weighted by molar-refractivity contribution is -0.124. The smallest absolute Gasteiger partial charge is 0.238 e. The van der Waals surface area contributed by atoms with Crippen LogP contribution in [-0.2, 0) is 9.59 Å². The van der Waals surface area contributed by atoms with Gasteiger partial charge in [-0.15, -0.1) is 0 Å². The van der Waals surface area contributed by atoms with Crippen LogP contribution in [0.2, 0.25) is 0 Å². The van der Waals surface area contributed by atoms with Crippen LogP contribution in [0.4, 0.5) is 10.1 Å². The second kappa shape index (κ2) is 3.50. The Kier molecular flexibility index (Phi) is 2.00. The first-order valence-corrected chi connectivity index (χ1v) is 7.83. The van der Waals surface area contributed by atoms with Gasteiger partial charge in [0.1, 0.15) is 5.82 Å². The highest BCUT2D eigenvalue weighted by Crippen LogP contribution is 2.79. The van der Waals surface area contributed by atoms with Gasteiger partial charge in [0.15, 0.2) is 0 Å². The minimum Gasteiger partial charge on any atom is -0.274 e. The quantitative estimate of drug-likeness (QED) is 0.590. The molecule has 112 valence electrons. The molecule has 5 rings (SSSR count). The van der Waals surface area contributed by atoms with Crippen molar-refractivity contribution in [3.63, 3.8) is 0 Å². The topological polar surface area (TPSA) is 37.4 Å². The van der Waals surface area contributed by atoms with E-state index in [-0.39, 0.29) is 46.1 Å². The second-order valence-corrected chi connectivity index (χ2v) is 7.29. The largest absolute Gasteiger partial charge is 0.274 e. The lowest BCUT2D eigenvalue weighted by atomic mass is 9.72. The van der Waals surface area contributed by atoms with Gasteiger partial charge in [-0.05, 0) is 36.3 Å². The summed E-state index contributed by atoms with van der Waals surface area (Å²) in [6.45, 7) is 2.11. The first-order chi connectivity index (χ1) is 10.5. The van der Waals surface area contributed by atoms with Gasteiger partial charge in [-0.25, -0.2) is 9.29 Å². The van der Waals surface area contributed by atoms with Gasteiger partial charge in [-0.2, -0.15) is 0 Å². The first kappa shape index (κ1) is 12.6. The molecule has 1 aliphatic heterocycles. The number of imide groups is 1. The maximum absolute atomic E-state index is 14.1. The van der Waals surface area contributed by atoms with Crippen molar-refractivity contribution in [3.8, 4) is 0 Å². The molecule has 2 bridgehead atoms. The van der Waals surface area contributed by atoms with Crippen LogP contribution < -0.4 is 4.90 Å². The summed E-state index contributed by atoms with van der Waals surface area (Å²) in [6, 6.07) is 6.03. The number of rotatable bonds is 1. The SMILES string of the molecule is C[C@@]12C=C[C@@H]([C@H]3C(=O)N(c4ccccc4F)C(=O)[C@H]31)C21CC1. The van der Waals surface area contributed by atoms with E-state index in [4.69, 9.17) is 0 Å². The van der Waals surface area contributed by atoms with Crippen LogP contribution in [0.1, 0.15) is 19.8 Å². The van der Waals surface area contributed by atoms with Gasteiger partial charge in [-0.3, -0.25) is 9.59 Å². The Morgan fingerprint density at radius 2 is 1.91 bits per heavy atom.